The van der Waals surface area contributed by atoms with Crippen LogP contribution in [0.4, 0.5) is 0 Å². The van der Waals surface area contributed by atoms with Crippen molar-refractivity contribution >= 4 is 28.4 Å². The molecule has 1 aliphatic rings. The molecule has 1 saturated heterocycles. The lowest BCUT2D eigenvalue weighted by molar-refractivity contribution is -0.130. The molecule has 3 heterocycles. The highest BCUT2D eigenvalue weighted by Crippen LogP contribution is 2.17. The number of fused-ring (bicyclic) bond motifs is 3. The summed E-state index contributed by atoms with van der Waals surface area (Å²) in [6, 6.07) is 8.91. The van der Waals surface area contributed by atoms with Gasteiger partial charge in [-0.1, -0.05) is 0 Å². The molecule has 0 aliphatic carbocycles. The van der Waals surface area contributed by atoms with Crippen LogP contribution in [0.15, 0.2) is 41.3 Å². The molecule has 0 bridgehead atoms. The van der Waals surface area contributed by atoms with Gasteiger partial charge in [-0.05, 0) is 30.3 Å². The summed E-state index contributed by atoms with van der Waals surface area (Å²) in [5.74, 6) is -0.0512. The van der Waals surface area contributed by atoms with Gasteiger partial charge in [0.2, 0.25) is 5.91 Å². The van der Waals surface area contributed by atoms with Crippen molar-refractivity contribution in [3.05, 3.63) is 52.4 Å². The van der Waals surface area contributed by atoms with E-state index in [1.165, 1.54) is 0 Å². The largest absolute Gasteiger partial charge is 0.339 e. The van der Waals surface area contributed by atoms with Crippen molar-refractivity contribution in [3.63, 3.8) is 0 Å². The maximum Gasteiger partial charge on any atom is 0.272 e. The van der Waals surface area contributed by atoms with E-state index in [4.69, 9.17) is 0 Å². The Hall–Kier alpha value is -3.09. The van der Waals surface area contributed by atoms with E-state index >= 15 is 0 Å². The molecule has 0 saturated carbocycles. The molecule has 0 atom stereocenters. The summed E-state index contributed by atoms with van der Waals surface area (Å²) >= 11 is 0. The van der Waals surface area contributed by atoms with Crippen LogP contribution in [0.2, 0.25) is 0 Å². The monoisotopic (exact) mass is 338 g/mol. The number of aromatic nitrogens is 2. The van der Waals surface area contributed by atoms with Gasteiger partial charge in [0.15, 0.2) is 0 Å². The Morgan fingerprint density at radius 1 is 1.00 bits per heavy atom. The van der Waals surface area contributed by atoms with Gasteiger partial charge in [-0.3, -0.25) is 14.4 Å². The van der Waals surface area contributed by atoms with Gasteiger partial charge in [0.05, 0.1) is 11.0 Å². The number of H-pyrrole nitrogens is 1. The summed E-state index contributed by atoms with van der Waals surface area (Å²) in [6.07, 6.45) is 1.83. The fraction of sp³-hybridized carbons (Fsp3) is 0.278. The highest BCUT2D eigenvalue weighted by atomic mass is 16.2. The van der Waals surface area contributed by atoms with Gasteiger partial charge in [-0.2, -0.15) is 0 Å². The Kier molecular flexibility index (Phi) is 3.56. The quantitative estimate of drug-likeness (QED) is 0.721. The predicted molar refractivity (Wildman–Crippen MR) is 93.7 cm³/mol. The summed E-state index contributed by atoms with van der Waals surface area (Å²) in [5, 5.41) is 0. The number of nitrogens with one attached hydrogen (secondary N) is 1. The van der Waals surface area contributed by atoms with E-state index < -0.39 is 0 Å². The third-order valence-corrected chi connectivity index (χ3v) is 4.74. The minimum atomic E-state index is -0.183. The number of rotatable bonds is 1. The average molecular weight is 338 g/mol. The first-order valence-corrected chi connectivity index (χ1v) is 8.22. The Balaban J connectivity index is 1.65. The molecule has 1 N–H and O–H groups in total. The molecule has 0 unspecified atom stereocenters. The molecular formula is C18H18N4O3. The van der Waals surface area contributed by atoms with Crippen LogP contribution in [0.1, 0.15) is 17.3 Å². The molecule has 1 fully saturated rings. The highest BCUT2D eigenvalue weighted by Gasteiger charge is 2.23. The highest BCUT2D eigenvalue weighted by molar-refractivity contribution is 5.97. The normalized spacial score (nSPS) is 15.1. The van der Waals surface area contributed by atoms with Crippen LogP contribution in [0.5, 0.6) is 0 Å². The van der Waals surface area contributed by atoms with Crippen LogP contribution in [-0.4, -0.2) is 57.2 Å². The summed E-state index contributed by atoms with van der Waals surface area (Å²) in [6.45, 7) is 3.68. The molecule has 1 aliphatic heterocycles. The summed E-state index contributed by atoms with van der Waals surface area (Å²) in [5.41, 5.74) is 2.40. The lowest BCUT2D eigenvalue weighted by atomic mass is 10.1. The second-order valence-corrected chi connectivity index (χ2v) is 6.25. The molecule has 2 amide bonds. The van der Waals surface area contributed by atoms with Crippen LogP contribution in [0.25, 0.3) is 16.6 Å². The first kappa shape index (κ1) is 15.4. The molecule has 25 heavy (non-hydrogen) atoms. The molecule has 7 heteroatoms. The third kappa shape index (κ3) is 2.57. The molecule has 128 valence electrons. The Labute approximate surface area is 143 Å². The van der Waals surface area contributed by atoms with Crippen molar-refractivity contribution in [2.24, 2.45) is 0 Å². The average Bonchev–Trinajstić information content (AvgIpc) is 3.11. The second kappa shape index (κ2) is 5.77. The van der Waals surface area contributed by atoms with Gasteiger partial charge in [0.25, 0.3) is 11.5 Å². The van der Waals surface area contributed by atoms with Gasteiger partial charge in [0, 0.05) is 44.9 Å². The van der Waals surface area contributed by atoms with Crippen LogP contribution >= 0.6 is 0 Å². The molecule has 3 aromatic rings. The Morgan fingerprint density at radius 3 is 2.44 bits per heavy atom. The Morgan fingerprint density at radius 2 is 1.72 bits per heavy atom. The van der Waals surface area contributed by atoms with E-state index in [9.17, 15) is 14.4 Å². The zero-order valence-electron chi connectivity index (χ0n) is 13.9. The number of aromatic amines is 1. The van der Waals surface area contributed by atoms with E-state index in [0.29, 0.717) is 42.8 Å². The van der Waals surface area contributed by atoms with E-state index in [1.807, 2.05) is 22.7 Å². The van der Waals surface area contributed by atoms with Crippen molar-refractivity contribution in [1.29, 1.82) is 0 Å². The number of piperazine rings is 1. The minimum absolute atomic E-state index is 0.0334. The maximum absolute atomic E-state index is 12.7. The molecule has 4 rings (SSSR count). The number of hydrogen-bond donors (Lipinski definition) is 1. The molecule has 0 radical (unpaired) electrons. The topological polar surface area (TPSA) is 77.9 Å². The first-order valence-electron chi connectivity index (χ1n) is 8.22. The zero-order chi connectivity index (χ0) is 17.6. The molecule has 7 nitrogen and oxygen atoms in total. The second-order valence-electron chi connectivity index (χ2n) is 6.25. The maximum atomic E-state index is 12.7. The molecule has 1 aromatic carbocycles. The van der Waals surface area contributed by atoms with Crippen LogP contribution in [0, 0.1) is 0 Å². The number of carbonyl (C=O) groups is 2. The SMILES string of the molecule is CC(=O)N1CCN(C(=O)c2ccc3c(c2)[nH]c(=O)c2cccn23)CC1. The predicted octanol–water partition coefficient (Wildman–Crippen LogP) is 1.09. The van der Waals surface area contributed by atoms with Crippen LogP contribution in [0.3, 0.4) is 0 Å². The van der Waals surface area contributed by atoms with E-state index in [-0.39, 0.29) is 17.4 Å². The lowest BCUT2D eigenvalue weighted by Gasteiger charge is -2.34. The minimum Gasteiger partial charge on any atom is -0.339 e. The van der Waals surface area contributed by atoms with E-state index in [1.54, 1.807) is 34.9 Å². The summed E-state index contributed by atoms with van der Waals surface area (Å²) in [4.78, 5) is 42.6. The lowest BCUT2D eigenvalue weighted by Crippen LogP contribution is -2.50. The zero-order valence-corrected chi connectivity index (χ0v) is 13.9. The van der Waals surface area contributed by atoms with Crippen molar-refractivity contribution in [2.45, 2.75) is 6.92 Å². The van der Waals surface area contributed by atoms with Crippen LogP contribution in [-0.2, 0) is 4.79 Å². The van der Waals surface area contributed by atoms with Crippen molar-refractivity contribution in [3.8, 4) is 0 Å². The third-order valence-electron chi connectivity index (χ3n) is 4.74. The van der Waals surface area contributed by atoms with E-state index in [0.717, 1.165) is 5.52 Å². The number of hydrogen-bond acceptors (Lipinski definition) is 3. The van der Waals surface area contributed by atoms with Gasteiger partial charge in [-0.25, -0.2) is 0 Å². The number of benzene rings is 1. The van der Waals surface area contributed by atoms with Crippen molar-refractivity contribution in [2.75, 3.05) is 26.2 Å². The fourth-order valence-electron chi connectivity index (χ4n) is 3.35. The summed E-state index contributed by atoms with van der Waals surface area (Å²) in [7, 11) is 0. The van der Waals surface area contributed by atoms with Crippen molar-refractivity contribution in [1.82, 2.24) is 19.2 Å². The van der Waals surface area contributed by atoms with Gasteiger partial charge in [-0.15, -0.1) is 0 Å². The molecular weight excluding hydrogens is 320 g/mol. The summed E-state index contributed by atoms with van der Waals surface area (Å²) < 4.78 is 1.81. The van der Waals surface area contributed by atoms with Gasteiger partial charge in [0.1, 0.15) is 5.52 Å². The molecule has 0 spiro atoms. The Bertz CT molecular complexity index is 1040. The first-order chi connectivity index (χ1) is 12.0. The molecule has 2 aromatic heterocycles. The number of nitrogens with zero attached hydrogens (tertiary/aromatic N) is 3. The van der Waals surface area contributed by atoms with E-state index in [2.05, 4.69) is 4.98 Å². The standard InChI is InChI=1S/C18H18N4O3/c1-12(23)20-7-9-21(10-8-20)18(25)13-4-5-15-14(11-13)19-17(24)16-3-2-6-22(15)16/h2-6,11H,7-10H2,1H3,(H,19,24). The number of carbonyl (C=O) groups excluding carboxylic acids is 2. The van der Waals surface area contributed by atoms with Gasteiger partial charge < -0.3 is 19.2 Å². The fourth-order valence-corrected chi connectivity index (χ4v) is 3.35. The van der Waals surface area contributed by atoms with Gasteiger partial charge >= 0.3 is 0 Å². The smallest absolute Gasteiger partial charge is 0.272 e. The van der Waals surface area contributed by atoms with Crippen molar-refractivity contribution < 1.29 is 9.59 Å². The number of amides is 2. The van der Waals surface area contributed by atoms with Crippen LogP contribution < -0.4 is 5.56 Å².